The number of aliphatic carboxylic acids is 1. The first-order chi connectivity index (χ1) is 14.4. The standard InChI is InChI=1S/C21H21NO8/c23-15-16(24)18(20(26)27)30-19(17(15)25)22-21(28)29-9-14-12-7-3-1-5-10(12)11-6-2-4-8-13(11)14/h1-8,14-19,23-25H,9H2,(H,22,28)(H,26,27)/t15-,16-,17+,18-,19+/m0/s1. The van der Waals surface area contributed by atoms with Gasteiger partial charge in [-0.1, -0.05) is 48.5 Å². The zero-order valence-corrected chi connectivity index (χ0v) is 15.7. The number of rotatable bonds is 4. The first kappa shape index (κ1) is 20.3. The molecule has 0 unspecified atom stereocenters. The van der Waals surface area contributed by atoms with Gasteiger partial charge in [0.1, 0.15) is 24.9 Å². The Morgan fingerprint density at radius 2 is 1.47 bits per heavy atom. The van der Waals surface area contributed by atoms with Gasteiger partial charge in [0.2, 0.25) is 0 Å². The van der Waals surface area contributed by atoms with Crippen molar-refractivity contribution in [1.29, 1.82) is 0 Å². The van der Waals surface area contributed by atoms with Crippen molar-refractivity contribution >= 4 is 12.1 Å². The number of amides is 1. The summed E-state index contributed by atoms with van der Waals surface area (Å²) in [5, 5.41) is 40.8. The van der Waals surface area contributed by atoms with Crippen molar-refractivity contribution in [2.45, 2.75) is 36.6 Å². The van der Waals surface area contributed by atoms with E-state index < -0.39 is 42.7 Å². The molecule has 30 heavy (non-hydrogen) atoms. The summed E-state index contributed by atoms with van der Waals surface area (Å²) in [4.78, 5) is 23.4. The van der Waals surface area contributed by atoms with E-state index in [2.05, 4.69) is 5.32 Å². The number of carboxylic acids is 1. The molecule has 1 heterocycles. The topological polar surface area (TPSA) is 146 Å². The lowest BCUT2D eigenvalue weighted by molar-refractivity contribution is -0.232. The Kier molecular flexibility index (Phi) is 5.44. The highest BCUT2D eigenvalue weighted by atomic mass is 16.6. The predicted molar refractivity (Wildman–Crippen MR) is 103 cm³/mol. The molecule has 0 spiro atoms. The van der Waals surface area contributed by atoms with E-state index in [-0.39, 0.29) is 12.5 Å². The van der Waals surface area contributed by atoms with E-state index in [1.54, 1.807) is 0 Å². The first-order valence-corrected chi connectivity index (χ1v) is 9.42. The number of hydrogen-bond donors (Lipinski definition) is 5. The summed E-state index contributed by atoms with van der Waals surface area (Å²) in [6.07, 6.45) is -9.68. The van der Waals surface area contributed by atoms with Crippen LogP contribution in [-0.2, 0) is 14.3 Å². The number of carbonyl (C=O) groups excluding carboxylic acids is 1. The van der Waals surface area contributed by atoms with Crippen LogP contribution in [-0.4, -0.2) is 69.7 Å². The van der Waals surface area contributed by atoms with E-state index in [9.17, 15) is 24.9 Å². The van der Waals surface area contributed by atoms with E-state index >= 15 is 0 Å². The smallest absolute Gasteiger partial charge is 0.409 e. The number of ether oxygens (including phenoxy) is 2. The minimum atomic E-state index is -1.84. The molecule has 1 saturated heterocycles. The number of hydrogen-bond acceptors (Lipinski definition) is 7. The molecule has 9 heteroatoms. The molecule has 5 atom stereocenters. The summed E-state index contributed by atoms with van der Waals surface area (Å²) in [7, 11) is 0. The second-order valence-corrected chi connectivity index (χ2v) is 7.26. The van der Waals surface area contributed by atoms with Gasteiger partial charge in [0.25, 0.3) is 0 Å². The Morgan fingerprint density at radius 1 is 0.900 bits per heavy atom. The van der Waals surface area contributed by atoms with Crippen LogP contribution < -0.4 is 5.32 Å². The van der Waals surface area contributed by atoms with Gasteiger partial charge in [-0.05, 0) is 22.3 Å². The molecule has 1 fully saturated rings. The highest BCUT2D eigenvalue weighted by molar-refractivity contribution is 5.79. The summed E-state index contributed by atoms with van der Waals surface area (Å²) in [5.41, 5.74) is 4.17. The van der Waals surface area contributed by atoms with Crippen LogP contribution in [0.2, 0.25) is 0 Å². The molecule has 0 saturated carbocycles. The maximum atomic E-state index is 12.3. The highest BCUT2D eigenvalue weighted by Gasteiger charge is 2.47. The zero-order valence-electron chi connectivity index (χ0n) is 15.7. The molecular weight excluding hydrogens is 394 g/mol. The molecule has 1 aliphatic carbocycles. The normalized spacial score (nSPS) is 27.8. The first-order valence-electron chi connectivity index (χ1n) is 9.42. The average molecular weight is 415 g/mol. The van der Waals surface area contributed by atoms with Gasteiger partial charge in [0, 0.05) is 5.92 Å². The van der Waals surface area contributed by atoms with Gasteiger partial charge in [0.15, 0.2) is 12.3 Å². The number of alkyl carbamates (subject to hydrolysis) is 1. The Balaban J connectivity index is 1.44. The number of carboxylic acid groups (broad SMARTS) is 1. The maximum absolute atomic E-state index is 12.3. The van der Waals surface area contributed by atoms with Gasteiger partial charge in [-0.2, -0.15) is 0 Å². The third-order valence-corrected chi connectivity index (χ3v) is 5.46. The largest absolute Gasteiger partial charge is 0.479 e. The van der Waals surface area contributed by atoms with Gasteiger partial charge >= 0.3 is 12.1 Å². The van der Waals surface area contributed by atoms with Crippen LogP contribution in [0, 0.1) is 0 Å². The molecule has 5 N–H and O–H groups in total. The van der Waals surface area contributed by atoms with E-state index in [1.807, 2.05) is 48.5 Å². The molecule has 0 aromatic heterocycles. The third-order valence-electron chi connectivity index (χ3n) is 5.46. The molecule has 0 bridgehead atoms. The Morgan fingerprint density at radius 3 is 2.03 bits per heavy atom. The van der Waals surface area contributed by atoms with Gasteiger partial charge < -0.3 is 29.9 Å². The number of carbonyl (C=O) groups is 2. The Bertz CT molecular complexity index is 918. The van der Waals surface area contributed by atoms with Gasteiger partial charge in [-0.25, -0.2) is 9.59 Å². The average Bonchev–Trinajstić information content (AvgIpc) is 3.06. The predicted octanol–water partition coefficient (Wildman–Crippen LogP) is 0.417. The lowest BCUT2D eigenvalue weighted by Gasteiger charge is -2.38. The Labute approximate surface area is 171 Å². The summed E-state index contributed by atoms with van der Waals surface area (Å²) in [6, 6.07) is 15.6. The fraction of sp³-hybridized carbons (Fsp3) is 0.333. The second-order valence-electron chi connectivity index (χ2n) is 7.26. The van der Waals surface area contributed by atoms with Crippen LogP contribution in [0.4, 0.5) is 4.79 Å². The van der Waals surface area contributed by atoms with Crippen LogP contribution in [0.5, 0.6) is 0 Å². The minimum absolute atomic E-state index is 0.0101. The van der Waals surface area contributed by atoms with Gasteiger partial charge in [0.05, 0.1) is 0 Å². The van der Waals surface area contributed by atoms with Crippen LogP contribution in [0.1, 0.15) is 17.0 Å². The van der Waals surface area contributed by atoms with Crippen LogP contribution in [0.25, 0.3) is 11.1 Å². The SMILES string of the molecule is O=C(N[C@@H]1O[C@H](C(=O)O)[C@@H](O)[C@H](O)[C@H]1O)OCC1c2ccccc2-c2ccccc21. The van der Waals surface area contributed by atoms with Crippen LogP contribution in [0.3, 0.4) is 0 Å². The number of fused-ring (bicyclic) bond motifs is 3. The van der Waals surface area contributed by atoms with E-state index in [4.69, 9.17) is 14.6 Å². The lowest BCUT2D eigenvalue weighted by atomic mass is 9.98. The van der Waals surface area contributed by atoms with Crippen molar-refractivity contribution in [1.82, 2.24) is 5.32 Å². The summed E-state index contributed by atoms with van der Waals surface area (Å²) >= 11 is 0. The molecule has 1 aliphatic heterocycles. The molecule has 2 aromatic carbocycles. The summed E-state index contributed by atoms with van der Waals surface area (Å²) < 4.78 is 10.3. The molecule has 1 amide bonds. The molecule has 2 aromatic rings. The zero-order chi connectivity index (χ0) is 21.4. The Hall–Kier alpha value is -2.98. The van der Waals surface area contributed by atoms with E-state index in [1.165, 1.54) is 0 Å². The lowest BCUT2D eigenvalue weighted by Crippen LogP contribution is -2.64. The fourth-order valence-electron chi connectivity index (χ4n) is 3.96. The monoisotopic (exact) mass is 415 g/mol. The molecule has 4 rings (SSSR count). The number of nitrogens with one attached hydrogen (secondary N) is 1. The number of aliphatic hydroxyl groups excluding tert-OH is 3. The molecular formula is C21H21NO8. The van der Waals surface area contributed by atoms with Crippen molar-refractivity contribution in [3.05, 3.63) is 59.7 Å². The van der Waals surface area contributed by atoms with Crippen LogP contribution >= 0.6 is 0 Å². The van der Waals surface area contributed by atoms with Gasteiger partial charge in [-0.3, -0.25) is 5.32 Å². The molecule has 0 radical (unpaired) electrons. The summed E-state index contributed by atoms with van der Waals surface area (Å²) in [5.74, 6) is -1.72. The fourth-order valence-corrected chi connectivity index (χ4v) is 3.96. The molecule has 9 nitrogen and oxygen atoms in total. The maximum Gasteiger partial charge on any atom is 0.409 e. The van der Waals surface area contributed by atoms with E-state index in [0.29, 0.717) is 0 Å². The molecule has 2 aliphatic rings. The van der Waals surface area contributed by atoms with Crippen molar-refractivity contribution in [2.75, 3.05) is 6.61 Å². The second kappa shape index (κ2) is 8.04. The number of aliphatic hydroxyl groups is 3. The minimum Gasteiger partial charge on any atom is -0.479 e. The van der Waals surface area contributed by atoms with Crippen molar-refractivity contribution in [3.63, 3.8) is 0 Å². The highest BCUT2D eigenvalue weighted by Crippen LogP contribution is 2.44. The van der Waals surface area contributed by atoms with Crippen LogP contribution in [0.15, 0.2) is 48.5 Å². The van der Waals surface area contributed by atoms with Crippen molar-refractivity contribution in [2.24, 2.45) is 0 Å². The third kappa shape index (κ3) is 3.52. The van der Waals surface area contributed by atoms with Gasteiger partial charge in [-0.15, -0.1) is 0 Å². The van der Waals surface area contributed by atoms with E-state index in [0.717, 1.165) is 22.3 Å². The quantitative estimate of drug-likeness (QED) is 0.483. The number of benzene rings is 2. The van der Waals surface area contributed by atoms with Crippen molar-refractivity contribution < 1.29 is 39.5 Å². The van der Waals surface area contributed by atoms with Crippen molar-refractivity contribution in [3.8, 4) is 11.1 Å². The molecule has 158 valence electrons. The summed E-state index contributed by atoms with van der Waals surface area (Å²) in [6.45, 7) is 0.0101.